The second-order valence-electron chi connectivity index (χ2n) is 6.63. The summed E-state index contributed by atoms with van der Waals surface area (Å²) in [5.41, 5.74) is 3.36. The Morgan fingerprint density at radius 2 is 2.03 bits per heavy atom. The summed E-state index contributed by atoms with van der Waals surface area (Å²) in [5.74, 6) is -0.320. The third-order valence-electron chi connectivity index (χ3n) is 4.24. The van der Waals surface area contributed by atoms with Gasteiger partial charge in [0.1, 0.15) is 0 Å². The Kier molecular flexibility index (Phi) is 7.11. The molecule has 0 bridgehead atoms. The van der Waals surface area contributed by atoms with Crippen molar-refractivity contribution in [1.29, 1.82) is 0 Å². The van der Waals surface area contributed by atoms with Crippen LogP contribution in [-0.4, -0.2) is 34.3 Å². The van der Waals surface area contributed by atoms with Crippen molar-refractivity contribution < 1.29 is 14.3 Å². The number of aromatic nitrogens is 2. The van der Waals surface area contributed by atoms with Gasteiger partial charge in [0.2, 0.25) is 5.91 Å². The number of thiophene rings is 1. The molecule has 0 radical (unpaired) electrons. The van der Waals surface area contributed by atoms with Gasteiger partial charge in [0.15, 0.2) is 5.16 Å². The molecule has 0 spiro atoms. The molecule has 2 aromatic heterocycles. The fourth-order valence-corrected chi connectivity index (χ4v) is 4.57. The average Bonchev–Trinajstić information content (AvgIpc) is 3.36. The molecule has 1 aromatic carbocycles. The Morgan fingerprint density at radius 1 is 1.28 bits per heavy atom. The molecule has 8 heteroatoms. The molecule has 2 heterocycles. The first-order chi connectivity index (χ1) is 14.0. The number of thioether (sulfide) groups is 1. The largest absolute Gasteiger partial charge is 0.469 e. The number of nitrogens with one attached hydrogen (secondary N) is 1. The minimum absolute atomic E-state index is 0.102. The highest BCUT2D eigenvalue weighted by Crippen LogP contribution is 2.25. The average molecular weight is 430 g/mol. The molecule has 3 rings (SSSR count). The monoisotopic (exact) mass is 429 g/mol. The van der Waals surface area contributed by atoms with E-state index < -0.39 is 6.04 Å². The van der Waals surface area contributed by atoms with E-state index in [2.05, 4.69) is 42.3 Å². The Hall–Kier alpha value is -2.58. The van der Waals surface area contributed by atoms with Gasteiger partial charge < -0.3 is 10.1 Å². The first-order valence-corrected chi connectivity index (χ1v) is 11.0. The number of hydrogen-bond acceptors (Lipinski definition) is 6. The first kappa shape index (κ1) is 21.1. The third-order valence-corrected chi connectivity index (χ3v) is 6.20. The van der Waals surface area contributed by atoms with Gasteiger partial charge in [0.05, 0.1) is 25.3 Å². The van der Waals surface area contributed by atoms with E-state index in [4.69, 9.17) is 4.74 Å². The zero-order valence-corrected chi connectivity index (χ0v) is 18.2. The molecule has 152 valence electrons. The Balaban J connectivity index is 1.66. The second-order valence-corrected chi connectivity index (χ2v) is 8.55. The number of esters is 1. The fourth-order valence-electron chi connectivity index (χ4n) is 3.01. The van der Waals surface area contributed by atoms with Crippen LogP contribution in [0.3, 0.4) is 0 Å². The molecule has 3 aromatic rings. The summed E-state index contributed by atoms with van der Waals surface area (Å²) >= 11 is 2.86. The fraction of sp³-hybridized carbons (Fsp3) is 0.286. The van der Waals surface area contributed by atoms with Gasteiger partial charge in [0, 0.05) is 23.0 Å². The quantitative estimate of drug-likeness (QED) is 0.432. The standard InChI is InChI=1S/C21H23N3O3S2/c1-14-9-15(2)11-16(10-14)24-7-6-22-21(24)29-13-19(25)23-17(12-20(26)27-3)18-5-4-8-28-18/h4-11,17H,12-13H2,1-3H3,(H,23,25). The van der Waals surface area contributed by atoms with Gasteiger partial charge in [0.25, 0.3) is 0 Å². The van der Waals surface area contributed by atoms with E-state index in [0.717, 1.165) is 15.7 Å². The summed E-state index contributed by atoms with van der Waals surface area (Å²) in [4.78, 5) is 29.6. The van der Waals surface area contributed by atoms with Crippen molar-refractivity contribution in [2.45, 2.75) is 31.5 Å². The number of carbonyl (C=O) groups excluding carboxylic acids is 2. The summed E-state index contributed by atoms with van der Waals surface area (Å²) in [5, 5.41) is 5.60. The number of imidazole rings is 1. The number of rotatable bonds is 8. The SMILES string of the molecule is COC(=O)CC(NC(=O)CSc1nccn1-c1cc(C)cc(C)c1)c1cccs1. The van der Waals surface area contributed by atoms with Gasteiger partial charge in [-0.05, 0) is 48.6 Å². The van der Waals surface area contributed by atoms with Crippen molar-refractivity contribution >= 4 is 35.0 Å². The lowest BCUT2D eigenvalue weighted by molar-refractivity contribution is -0.141. The Morgan fingerprint density at radius 3 is 2.69 bits per heavy atom. The van der Waals surface area contributed by atoms with Crippen LogP contribution >= 0.6 is 23.1 Å². The summed E-state index contributed by atoms with van der Waals surface area (Å²) in [6.45, 7) is 4.11. The van der Waals surface area contributed by atoms with E-state index in [0.29, 0.717) is 0 Å². The minimum atomic E-state index is -0.394. The lowest BCUT2D eigenvalue weighted by Crippen LogP contribution is -2.31. The van der Waals surface area contributed by atoms with E-state index in [1.807, 2.05) is 28.3 Å². The van der Waals surface area contributed by atoms with Crippen molar-refractivity contribution in [3.8, 4) is 5.69 Å². The van der Waals surface area contributed by atoms with Crippen molar-refractivity contribution in [3.63, 3.8) is 0 Å². The number of ether oxygens (including phenoxy) is 1. The summed E-state index contributed by atoms with van der Waals surface area (Å²) in [6.07, 6.45) is 3.72. The third kappa shape index (κ3) is 5.71. The molecule has 1 amide bonds. The molecule has 0 saturated carbocycles. The van der Waals surface area contributed by atoms with E-state index in [9.17, 15) is 9.59 Å². The molecule has 29 heavy (non-hydrogen) atoms. The molecule has 0 fully saturated rings. The van der Waals surface area contributed by atoms with Crippen LogP contribution in [-0.2, 0) is 14.3 Å². The Bertz CT molecular complexity index is 963. The lowest BCUT2D eigenvalue weighted by atomic mass is 10.1. The number of benzene rings is 1. The summed E-state index contributed by atoms with van der Waals surface area (Å²) in [7, 11) is 1.35. The van der Waals surface area contributed by atoms with Crippen LogP contribution < -0.4 is 5.32 Å². The van der Waals surface area contributed by atoms with Gasteiger partial charge in [-0.15, -0.1) is 11.3 Å². The number of carbonyl (C=O) groups is 2. The van der Waals surface area contributed by atoms with E-state index >= 15 is 0 Å². The van der Waals surface area contributed by atoms with E-state index in [-0.39, 0.29) is 24.1 Å². The zero-order chi connectivity index (χ0) is 20.8. The summed E-state index contributed by atoms with van der Waals surface area (Å²) in [6, 6.07) is 9.69. The molecule has 0 aliphatic heterocycles. The van der Waals surface area contributed by atoms with Gasteiger partial charge in [-0.3, -0.25) is 14.2 Å². The van der Waals surface area contributed by atoms with Crippen LogP contribution in [0.4, 0.5) is 0 Å². The molecule has 1 atom stereocenters. The number of nitrogens with zero attached hydrogens (tertiary/aromatic N) is 2. The van der Waals surface area contributed by atoms with E-state index in [1.165, 1.54) is 41.3 Å². The predicted octanol–water partition coefficient (Wildman–Crippen LogP) is 4.06. The number of methoxy groups -OCH3 is 1. The minimum Gasteiger partial charge on any atom is -0.469 e. The number of aryl methyl sites for hydroxylation is 2. The maximum Gasteiger partial charge on any atom is 0.307 e. The number of hydrogen-bond donors (Lipinski definition) is 1. The van der Waals surface area contributed by atoms with Crippen molar-refractivity contribution in [2.75, 3.05) is 12.9 Å². The lowest BCUT2D eigenvalue weighted by Gasteiger charge is -2.16. The molecule has 6 nitrogen and oxygen atoms in total. The smallest absolute Gasteiger partial charge is 0.307 e. The molecular weight excluding hydrogens is 406 g/mol. The van der Waals surface area contributed by atoms with Gasteiger partial charge in [-0.1, -0.05) is 23.9 Å². The first-order valence-electron chi connectivity index (χ1n) is 9.10. The highest BCUT2D eigenvalue weighted by Gasteiger charge is 2.20. The molecule has 1 N–H and O–H groups in total. The molecule has 0 saturated heterocycles. The molecular formula is C21H23N3O3S2. The highest BCUT2D eigenvalue weighted by atomic mass is 32.2. The highest BCUT2D eigenvalue weighted by molar-refractivity contribution is 7.99. The molecule has 0 aliphatic carbocycles. The molecule has 1 unspecified atom stereocenters. The predicted molar refractivity (Wildman–Crippen MR) is 116 cm³/mol. The van der Waals surface area contributed by atoms with E-state index in [1.54, 1.807) is 6.20 Å². The second kappa shape index (κ2) is 9.76. The van der Waals surface area contributed by atoms with Crippen LogP contribution in [0.25, 0.3) is 5.69 Å². The topological polar surface area (TPSA) is 73.2 Å². The maximum atomic E-state index is 12.6. The van der Waals surface area contributed by atoms with Crippen molar-refractivity contribution in [1.82, 2.24) is 14.9 Å². The zero-order valence-electron chi connectivity index (χ0n) is 16.5. The summed E-state index contributed by atoms with van der Waals surface area (Å²) < 4.78 is 6.73. The van der Waals surface area contributed by atoms with Crippen LogP contribution in [0, 0.1) is 13.8 Å². The molecule has 0 aliphatic rings. The van der Waals surface area contributed by atoms with Crippen LogP contribution in [0.5, 0.6) is 0 Å². The van der Waals surface area contributed by atoms with Crippen LogP contribution in [0.2, 0.25) is 0 Å². The van der Waals surface area contributed by atoms with Crippen LogP contribution in [0.15, 0.2) is 53.3 Å². The van der Waals surface area contributed by atoms with Crippen molar-refractivity contribution in [2.24, 2.45) is 0 Å². The van der Waals surface area contributed by atoms with Gasteiger partial charge in [-0.25, -0.2) is 4.98 Å². The van der Waals surface area contributed by atoms with Gasteiger partial charge in [-0.2, -0.15) is 0 Å². The van der Waals surface area contributed by atoms with Crippen molar-refractivity contribution in [3.05, 3.63) is 64.1 Å². The maximum absolute atomic E-state index is 12.6. The Labute approximate surface area is 178 Å². The van der Waals surface area contributed by atoms with Gasteiger partial charge >= 0.3 is 5.97 Å². The normalized spacial score (nSPS) is 11.8. The number of amides is 1. The van der Waals surface area contributed by atoms with Crippen LogP contribution in [0.1, 0.15) is 28.5 Å².